The van der Waals surface area contributed by atoms with Crippen LogP contribution in [-0.4, -0.2) is 39.5 Å². The molecule has 1 fully saturated rings. The van der Waals surface area contributed by atoms with Crippen molar-refractivity contribution in [1.29, 1.82) is 0 Å². The first kappa shape index (κ1) is 14.3. The lowest BCUT2D eigenvalue weighted by molar-refractivity contribution is -0.141. The molecule has 2 aromatic rings. The molecule has 1 aromatic carbocycles. The van der Waals surface area contributed by atoms with E-state index in [1.165, 1.54) is 4.90 Å². The van der Waals surface area contributed by atoms with Crippen molar-refractivity contribution < 1.29 is 14.7 Å². The molecule has 1 N–H and O–H groups in total. The van der Waals surface area contributed by atoms with Crippen molar-refractivity contribution >= 4 is 11.9 Å². The second kappa shape index (κ2) is 5.97. The fourth-order valence-electron chi connectivity index (χ4n) is 2.75. The van der Waals surface area contributed by atoms with Gasteiger partial charge in [-0.2, -0.15) is 0 Å². The second-order valence-corrected chi connectivity index (χ2v) is 5.29. The van der Waals surface area contributed by atoms with Crippen molar-refractivity contribution in [2.45, 2.75) is 18.9 Å². The predicted molar refractivity (Wildman–Crippen MR) is 81.4 cm³/mol. The van der Waals surface area contributed by atoms with E-state index in [2.05, 4.69) is 4.98 Å². The maximum atomic E-state index is 12.5. The summed E-state index contributed by atoms with van der Waals surface area (Å²) in [4.78, 5) is 29.3. The van der Waals surface area contributed by atoms with Gasteiger partial charge in [-0.25, -0.2) is 4.79 Å². The van der Waals surface area contributed by atoms with Crippen molar-refractivity contribution in [1.82, 2.24) is 9.88 Å². The number of rotatable bonds is 3. The Morgan fingerprint density at radius 1 is 1.14 bits per heavy atom. The topological polar surface area (TPSA) is 70.5 Å². The third-order valence-electron chi connectivity index (χ3n) is 3.89. The van der Waals surface area contributed by atoms with Gasteiger partial charge in [-0.05, 0) is 37.1 Å². The Morgan fingerprint density at radius 3 is 2.55 bits per heavy atom. The maximum Gasteiger partial charge on any atom is 0.326 e. The summed E-state index contributed by atoms with van der Waals surface area (Å²) in [5.74, 6) is -1.16. The molecule has 1 atom stereocenters. The maximum absolute atomic E-state index is 12.5. The predicted octanol–water partition coefficient (Wildman–Crippen LogP) is 2.44. The van der Waals surface area contributed by atoms with E-state index in [0.717, 1.165) is 17.7 Å². The summed E-state index contributed by atoms with van der Waals surface area (Å²) < 4.78 is 0. The Hall–Kier alpha value is -2.69. The van der Waals surface area contributed by atoms with Gasteiger partial charge in [-0.15, -0.1) is 0 Å². The molecule has 2 heterocycles. The van der Waals surface area contributed by atoms with E-state index in [-0.39, 0.29) is 5.91 Å². The van der Waals surface area contributed by atoms with Crippen molar-refractivity contribution in [3.05, 3.63) is 54.2 Å². The van der Waals surface area contributed by atoms with Crippen LogP contribution in [0, 0.1) is 0 Å². The van der Waals surface area contributed by atoms with Crippen LogP contribution < -0.4 is 0 Å². The molecule has 0 bridgehead atoms. The van der Waals surface area contributed by atoms with E-state index >= 15 is 0 Å². The van der Waals surface area contributed by atoms with Crippen molar-refractivity contribution in [3.63, 3.8) is 0 Å². The molecule has 0 spiro atoms. The molecule has 0 radical (unpaired) electrons. The lowest BCUT2D eigenvalue weighted by atomic mass is 10.1. The van der Waals surface area contributed by atoms with Crippen molar-refractivity contribution in [2.75, 3.05) is 6.54 Å². The fraction of sp³-hybridized carbons (Fsp3) is 0.235. The normalized spacial score (nSPS) is 17.5. The minimum absolute atomic E-state index is 0.225. The van der Waals surface area contributed by atoms with Gasteiger partial charge in [0.15, 0.2) is 0 Å². The summed E-state index contributed by atoms with van der Waals surface area (Å²) in [7, 11) is 0. The van der Waals surface area contributed by atoms with Crippen molar-refractivity contribution in [3.8, 4) is 11.3 Å². The third-order valence-corrected chi connectivity index (χ3v) is 3.89. The number of likely N-dealkylation sites (tertiary alicyclic amines) is 1. The highest BCUT2D eigenvalue weighted by Gasteiger charge is 2.34. The number of carboxylic acids is 1. The minimum atomic E-state index is -0.934. The number of pyridine rings is 1. The van der Waals surface area contributed by atoms with Gasteiger partial charge in [0.2, 0.25) is 0 Å². The first-order valence-corrected chi connectivity index (χ1v) is 7.22. The lowest BCUT2D eigenvalue weighted by Crippen LogP contribution is -2.40. The Bertz CT molecular complexity index is 683. The van der Waals surface area contributed by atoms with Crippen LogP contribution in [0.1, 0.15) is 23.2 Å². The molecule has 0 aliphatic carbocycles. The first-order chi connectivity index (χ1) is 10.7. The van der Waals surface area contributed by atoms with Gasteiger partial charge < -0.3 is 10.0 Å². The van der Waals surface area contributed by atoms with Crippen LogP contribution in [0.4, 0.5) is 0 Å². The Labute approximate surface area is 128 Å². The molecule has 1 unspecified atom stereocenters. The molecule has 22 heavy (non-hydrogen) atoms. The van der Waals surface area contributed by atoms with Crippen LogP contribution in [0.3, 0.4) is 0 Å². The van der Waals surface area contributed by atoms with E-state index in [9.17, 15) is 14.7 Å². The number of amides is 1. The van der Waals surface area contributed by atoms with Gasteiger partial charge in [0.1, 0.15) is 6.04 Å². The van der Waals surface area contributed by atoms with Gasteiger partial charge in [0.25, 0.3) is 5.91 Å². The zero-order chi connectivity index (χ0) is 15.5. The number of carbonyl (C=O) groups is 2. The Balaban J connectivity index is 1.81. The highest BCUT2D eigenvalue weighted by molar-refractivity contribution is 5.97. The molecule has 5 heteroatoms. The van der Waals surface area contributed by atoms with Gasteiger partial charge in [-0.3, -0.25) is 9.78 Å². The van der Waals surface area contributed by atoms with Gasteiger partial charge in [-0.1, -0.05) is 18.2 Å². The SMILES string of the molecule is O=C(O)C1CCCN1C(=O)c1ccc(-c2ccccn2)cc1. The summed E-state index contributed by atoms with van der Waals surface area (Å²) in [5, 5.41) is 9.17. The molecule has 1 saturated heterocycles. The number of aromatic nitrogens is 1. The number of hydrogen-bond donors (Lipinski definition) is 1. The number of nitrogens with zero attached hydrogens (tertiary/aromatic N) is 2. The highest BCUT2D eigenvalue weighted by atomic mass is 16.4. The molecule has 1 aliphatic heterocycles. The quantitative estimate of drug-likeness (QED) is 0.944. The smallest absolute Gasteiger partial charge is 0.326 e. The zero-order valence-corrected chi connectivity index (χ0v) is 12.0. The summed E-state index contributed by atoms with van der Waals surface area (Å²) in [6.07, 6.45) is 2.97. The zero-order valence-electron chi connectivity index (χ0n) is 12.0. The van der Waals surface area contributed by atoms with E-state index in [1.54, 1.807) is 18.3 Å². The first-order valence-electron chi connectivity index (χ1n) is 7.22. The Morgan fingerprint density at radius 2 is 1.91 bits per heavy atom. The molecule has 3 rings (SSSR count). The summed E-state index contributed by atoms with van der Waals surface area (Å²) in [6.45, 7) is 0.498. The average Bonchev–Trinajstić information content (AvgIpc) is 3.05. The number of aliphatic carboxylic acids is 1. The van der Waals surface area contributed by atoms with E-state index < -0.39 is 12.0 Å². The molecular formula is C17H16N2O3. The van der Waals surface area contributed by atoms with Crippen molar-refractivity contribution in [2.24, 2.45) is 0 Å². The van der Waals surface area contributed by atoms with E-state index in [4.69, 9.17) is 0 Å². The molecule has 0 saturated carbocycles. The monoisotopic (exact) mass is 296 g/mol. The van der Waals surface area contributed by atoms with Crippen LogP contribution in [0.15, 0.2) is 48.7 Å². The van der Waals surface area contributed by atoms with E-state index in [0.29, 0.717) is 18.5 Å². The number of hydrogen-bond acceptors (Lipinski definition) is 3. The lowest BCUT2D eigenvalue weighted by Gasteiger charge is -2.21. The Kier molecular flexibility index (Phi) is 3.87. The number of carboxylic acid groups (broad SMARTS) is 1. The molecule has 1 aromatic heterocycles. The van der Waals surface area contributed by atoms with Crippen LogP contribution in [0.25, 0.3) is 11.3 Å². The van der Waals surface area contributed by atoms with E-state index in [1.807, 2.05) is 30.3 Å². The molecule has 1 aliphatic rings. The van der Waals surface area contributed by atoms with Crippen LogP contribution in [0.2, 0.25) is 0 Å². The van der Waals surface area contributed by atoms with Crippen LogP contribution in [0.5, 0.6) is 0 Å². The molecule has 1 amide bonds. The molecular weight excluding hydrogens is 280 g/mol. The fourth-order valence-corrected chi connectivity index (χ4v) is 2.75. The summed E-state index contributed by atoms with van der Waals surface area (Å²) in [6, 6.07) is 12.1. The second-order valence-electron chi connectivity index (χ2n) is 5.29. The number of benzene rings is 1. The standard InChI is InChI=1S/C17H16N2O3/c20-16(19-11-3-5-15(19)17(21)22)13-8-6-12(7-9-13)14-4-1-2-10-18-14/h1-2,4,6-10,15H,3,5,11H2,(H,21,22). The number of carbonyl (C=O) groups excluding carboxylic acids is 1. The largest absolute Gasteiger partial charge is 0.480 e. The van der Waals surface area contributed by atoms with Crippen LogP contribution in [-0.2, 0) is 4.79 Å². The summed E-state index contributed by atoms with van der Waals surface area (Å²) in [5.41, 5.74) is 2.27. The van der Waals surface area contributed by atoms with Gasteiger partial charge in [0, 0.05) is 23.9 Å². The van der Waals surface area contributed by atoms with Gasteiger partial charge >= 0.3 is 5.97 Å². The van der Waals surface area contributed by atoms with Gasteiger partial charge in [0.05, 0.1) is 5.69 Å². The molecule has 5 nitrogen and oxygen atoms in total. The summed E-state index contributed by atoms with van der Waals surface area (Å²) >= 11 is 0. The highest BCUT2D eigenvalue weighted by Crippen LogP contribution is 2.22. The van der Waals surface area contributed by atoms with Crippen LogP contribution >= 0.6 is 0 Å². The molecule has 112 valence electrons. The minimum Gasteiger partial charge on any atom is -0.480 e. The average molecular weight is 296 g/mol. The third kappa shape index (κ3) is 2.70.